The summed E-state index contributed by atoms with van der Waals surface area (Å²) in [7, 11) is -1.58. The van der Waals surface area contributed by atoms with Crippen LogP contribution in [0.3, 0.4) is 0 Å². The quantitative estimate of drug-likeness (QED) is 0.147. The summed E-state index contributed by atoms with van der Waals surface area (Å²) in [5.41, 5.74) is 3.62. The van der Waals surface area contributed by atoms with E-state index in [1.807, 2.05) is 90.8 Å². The number of rotatable bonds is 12. The monoisotopic (exact) mass is 683 g/mol. The Hall–Kier alpha value is -4.18. The Morgan fingerprint density at radius 3 is 2.35 bits per heavy atom. The standard InChI is InChI=1S/C38H42ClN5O3S/c1-41(37(45)30-12-4-2-5-13-30)29-32(31-14-10-15-33(39)28-31)20-23-42-21-11-22-43(25-24-42)38-40-35-18-8-9-19-36(35)44(38)26-27-48(46,47)34-16-6-3-7-17-34/h2-10,12-19,28,32H,11,20-27,29H2,1H3. The van der Waals surface area contributed by atoms with Crippen LogP contribution in [-0.4, -0.2) is 85.7 Å². The van der Waals surface area contributed by atoms with Gasteiger partial charge in [0, 0.05) is 56.3 Å². The first-order valence-electron chi connectivity index (χ1n) is 16.5. The Bertz CT molecular complexity index is 1930. The lowest BCUT2D eigenvalue weighted by Gasteiger charge is -2.28. The van der Waals surface area contributed by atoms with E-state index in [-0.39, 0.29) is 17.6 Å². The molecule has 5 aromatic rings. The Labute approximate surface area is 288 Å². The number of aryl methyl sites for hydroxylation is 1. The normalized spacial score (nSPS) is 14.9. The summed E-state index contributed by atoms with van der Waals surface area (Å²) in [5, 5.41) is 0.694. The number of sulfone groups is 1. The second kappa shape index (κ2) is 15.4. The van der Waals surface area contributed by atoms with Gasteiger partial charge in [-0.2, -0.15) is 0 Å². The van der Waals surface area contributed by atoms with Crippen molar-refractivity contribution >= 4 is 44.3 Å². The lowest BCUT2D eigenvalue weighted by atomic mass is 9.94. The number of imidazole rings is 1. The Morgan fingerprint density at radius 1 is 0.854 bits per heavy atom. The lowest BCUT2D eigenvalue weighted by molar-refractivity contribution is 0.0782. The Morgan fingerprint density at radius 2 is 1.58 bits per heavy atom. The van der Waals surface area contributed by atoms with Crippen LogP contribution in [0.5, 0.6) is 0 Å². The number of likely N-dealkylation sites (N-methyl/N-ethyl adjacent to an activating group) is 1. The van der Waals surface area contributed by atoms with Gasteiger partial charge in [0.25, 0.3) is 5.91 Å². The van der Waals surface area contributed by atoms with Crippen molar-refractivity contribution in [3.63, 3.8) is 0 Å². The van der Waals surface area contributed by atoms with Crippen LogP contribution in [0.4, 0.5) is 5.95 Å². The van der Waals surface area contributed by atoms with Crippen molar-refractivity contribution in [2.75, 3.05) is 57.0 Å². The molecular weight excluding hydrogens is 642 g/mol. The molecule has 0 spiro atoms. The molecule has 1 amide bonds. The van der Waals surface area contributed by atoms with Gasteiger partial charge < -0.3 is 19.3 Å². The van der Waals surface area contributed by atoms with Gasteiger partial charge in [-0.1, -0.05) is 72.3 Å². The topological polar surface area (TPSA) is 78.8 Å². The third-order valence-electron chi connectivity index (χ3n) is 9.17. The fourth-order valence-corrected chi connectivity index (χ4v) is 7.98. The zero-order valence-electron chi connectivity index (χ0n) is 27.3. The van der Waals surface area contributed by atoms with Crippen LogP contribution in [0.25, 0.3) is 11.0 Å². The van der Waals surface area contributed by atoms with E-state index in [1.165, 1.54) is 0 Å². The van der Waals surface area contributed by atoms with E-state index in [0.717, 1.165) is 68.1 Å². The van der Waals surface area contributed by atoms with Gasteiger partial charge in [-0.3, -0.25) is 4.79 Å². The summed E-state index contributed by atoms with van der Waals surface area (Å²) in [6.45, 7) is 5.20. The summed E-state index contributed by atoms with van der Waals surface area (Å²) in [6.07, 6.45) is 1.84. The highest BCUT2D eigenvalue weighted by molar-refractivity contribution is 7.91. The van der Waals surface area contributed by atoms with Gasteiger partial charge in [-0.15, -0.1) is 0 Å². The molecule has 0 aliphatic carbocycles. The number of amides is 1. The van der Waals surface area contributed by atoms with Crippen LogP contribution in [0.1, 0.15) is 34.7 Å². The molecule has 48 heavy (non-hydrogen) atoms. The Balaban J connectivity index is 1.14. The maximum atomic E-state index is 13.2. The number of fused-ring (bicyclic) bond motifs is 1. The van der Waals surface area contributed by atoms with E-state index in [0.29, 0.717) is 28.6 Å². The second-order valence-corrected chi connectivity index (χ2v) is 15.0. The van der Waals surface area contributed by atoms with Gasteiger partial charge >= 0.3 is 0 Å². The highest BCUT2D eigenvalue weighted by Gasteiger charge is 2.24. The molecule has 4 aromatic carbocycles. The number of carbonyl (C=O) groups is 1. The first-order valence-corrected chi connectivity index (χ1v) is 18.6. The molecule has 0 saturated carbocycles. The molecule has 1 saturated heterocycles. The SMILES string of the molecule is CN(CC(CCN1CCCN(c2nc3ccccc3n2CCS(=O)(=O)c2ccccc2)CC1)c1cccc(Cl)c1)C(=O)c1ccccc1. The van der Waals surface area contributed by atoms with Crippen LogP contribution in [0.2, 0.25) is 5.02 Å². The largest absolute Gasteiger partial charge is 0.341 e. The zero-order valence-corrected chi connectivity index (χ0v) is 28.9. The molecule has 0 radical (unpaired) electrons. The van der Waals surface area contributed by atoms with Gasteiger partial charge in [0.05, 0.1) is 21.7 Å². The smallest absolute Gasteiger partial charge is 0.253 e. The van der Waals surface area contributed by atoms with Crippen molar-refractivity contribution in [3.05, 3.63) is 125 Å². The van der Waals surface area contributed by atoms with E-state index in [2.05, 4.69) is 20.4 Å². The molecule has 1 fully saturated rings. The summed E-state index contributed by atoms with van der Waals surface area (Å²) < 4.78 is 28.5. The summed E-state index contributed by atoms with van der Waals surface area (Å²) in [5.74, 6) is 0.944. The van der Waals surface area contributed by atoms with E-state index >= 15 is 0 Å². The highest BCUT2D eigenvalue weighted by Crippen LogP contribution is 2.27. The highest BCUT2D eigenvalue weighted by atomic mass is 35.5. The predicted octanol–water partition coefficient (Wildman–Crippen LogP) is 6.62. The molecule has 8 nitrogen and oxygen atoms in total. The van der Waals surface area contributed by atoms with Crippen LogP contribution in [-0.2, 0) is 16.4 Å². The predicted molar refractivity (Wildman–Crippen MR) is 194 cm³/mol. The number of aromatic nitrogens is 2. The molecule has 1 aliphatic heterocycles. The van der Waals surface area contributed by atoms with Crippen molar-refractivity contribution in [3.8, 4) is 0 Å². The summed E-state index contributed by atoms with van der Waals surface area (Å²) >= 11 is 6.41. The summed E-state index contributed by atoms with van der Waals surface area (Å²) in [6, 6.07) is 34.0. The van der Waals surface area contributed by atoms with Crippen molar-refractivity contribution in [2.24, 2.45) is 0 Å². The molecule has 1 atom stereocenters. The number of para-hydroxylation sites is 2. The lowest BCUT2D eigenvalue weighted by Crippen LogP contribution is -2.35. The average Bonchev–Trinajstić information content (AvgIpc) is 3.31. The maximum absolute atomic E-state index is 13.2. The average molecular weight is 684 g/mol. The zero-order chi connectivity index (χ0) is 33.5. The molecular formula is C38H42ClN5O3S. The summed E-state index contributed by atoms with van der Waals surface area (Å²) in [4.78, 5) is 25.2. The van der Waals surface area contributed by atoms with Gasteiger partial charge in [-0.05, 0) is 80.0 Å². The molecule has 0 bridgehead atoms. The fraction of sp³-hybridized carbons (Fsp3) is 0.316. The fourth-order valence-electron chi connectivity index (χ4n) is 6.55. The van der Waals surface area contributed by atoms with Crippen LogP contribution >= 0.6 is 11.6 Å². The number of hydrogen-bond acceptors (Lipinski definition) is 6. The van der Waals surface area contributed by atoms with Crippen LogP contribution < -0.4 is 4.90 Å². The van der Waals surface area contributed by atoms with Gasteiger partial charge in [0.15, 0.2) is 9.84 Å². The molecule has 250 valence electrons. The van der Waals surface area contributed by atoms with Crippen LogP contribution in [0, 0.1) is 0 Å². The molecule has 0 N–H and O–H groups in total. The molecule has 2 heterocycles. The minimum Gasteiger partial charge on any atom is -0.341 e. The third-order valence-corrected chi connectivity index (χ3v) is 11.1. The number of nitrogens with zero attached hydrogens (tertiary/aromatic N) is 5. The van der Waals surface area contributed by atoms with Crippen molar-refractivity contribution in [2.45, 2.75) is 30.2 Å². The number of anilines is 1. The maximum Gasteiger partial charge on any atom is 0.253 e. The van der Waals surface area contributed by atoms with Crippen molar-refractivity contribution in [1.29, 1.82) is 0 Å². The number of carbonyl (C=O) groups excluding carboxylic acids is 1. The van der Waals surface area contributed by atoms with E-state index in [4.69, 9.17) is 16.6 Å². The van der Waals surface area contributed by atoms with Gasteiger partial charge in [-0.25, -0.2) is 13.4 Å². The minimum atomic E-state index is -3.45. The third kappa shape index (κ3) is 8.09. The van der Waals surface area contributed by atoms with E-state index in [9.17, 15) is 13.2 Å². The molecule has 1 aliphatic rings. The molecule has 1 unspecified atom stereocenters. The minimum absolute atomic E-state index is 0.00353. The molecule has 10 heteroatoms. The van der Waals surface area contributed by atoms with Crippen molar-refractivity contribution in [1.82, 2.24) is 19.4 Å². The van der Waals surface area contributed by atoms with Crippen LogP contribution in [0.15, 0.2) is 114 Å². The second-order valence-electron chi connectivity index (χ2n) is 12.5. The Kier molecular flexibility index (Phi) is 10.8. The van der Waals surface area contributed by atoms with Gasteiger partial charge in [0.1, 0.15) is 0 Å². The van der Waals surface area contributed by atoms with E-state index < -0.39 is 9.84 Å². The van der Waals surface area contributed by atoms with Gasteiger partial charge in [0.2, 0.25) is 5.95 Å². The number of hydrogen-bond donors (Lipinski definition) is 0. The number of halogens is 1. The van der Waals surface area contributed by atoms with Crippen molar-refractivity contribution < 1.29 is 13.2 Å². The first kappa shape index (κ1) is 33.7. The number of benzene rings is 4. The van der Waals surface area contributed by atoms with E-state index in [1.54, 1.807) is 24.3 Å². The molecule has 1 aromatic heterocycles. The first-order chi connectivity index (χ1) is 23.3. The molecule has 6 rings (SSSR count).